The van der Waals surface area contributed by atoms with Crippen LogP contribution in [0.25, 0.3) is 0 Å². The molecule has 0 bridgehead atoms. The van der Waals surface area contributed by atoms with Gasteiger partial charge in [-0.25, -0.2) is 4.79 Å². The second kappa shape index (κ2) is 10.9. The Bertz CT molecular complexity index is 1210. The zero-order valence-corrected chi connectivity index (χ0v) is 20.4. The van der Waals surface area contributed by atoms with Gasteiger partial charge in [0.1, 0.15) is 10.8 Å². The molecule has 0 radical (unpaired) electrons. The van der Waals surface area contributed by atoms with Crippen LogP contribution in [0.3, 0.4) is 0 Å². The lowest BCUT2D eigenvalue weighted by atomic mass is 10.1. The molecule has 0 saturated heterocycles. The van der Waals surface area contributed by atoms with Gasteiger partial charge in [0.15, 0.2) is 6.61 Å². The molecule has 3 aromatic rings. The molecular formula is C22H17Cl3N2O5S. The van der Waals surface area contributed by atoms with Crippen LogP contribution >= 0.6 is 46.1 Å². The van der Waals surface area contributed by atoms with Gasteiger partial charge in [0.2, 0.25) is 0 Å². The summed E-state index contributed by atoms with van der Waals surface area (Å²) in [6.45, 7) is 1.26. The third-order valence-corrected chi connectivity index (χ3v) is 6.66. The first-order chi connectivity index (χ1) is 15.7. The highest BCUT2D eigenvalue weighted by Gasteiger charge is 2.27. The number of rotatable bonds is 7. The predicted molar refractivity (Wildman–Crippen MR) is 130 cm³/mol. The third kappa shape index (κ3) is 5.97. The van der Waals surface area contributed by atoms with Gasteiger partial charge in [0.25, 0.3) is 11.8 Å². The monoisotopic (exact) mass is 526 g/mol. The van der Waals surface area contributed by atoms with Crippen LogP contribution < -0.4 is 15.4 Å². The molecule has 1 aromatic heterocycles. The number of carbonyl (C=O) groups is 3. The number of amides is 2. The zero-order chi connectivity index (χ0) is 24.1. The fourth-order valence-electron chi connectivity index (χ4n) is 2.79. The van der Waals surface area contributed by atoms with E-state index in [1.165, 1.54) is 7.11 Å². The average molecular weight is 528 g/mol. The number of nitrogens with one attached hydrogen (secondary N) is 2. The Kier molecular flexibility index (Phi) is 8.20. The molecule has 3 rings (SSSR count). The maximum Gasteiger partial charge on any atom is 0.341 e. The Hall–Kier alpha value is -2.78. The zero-order valence-electron chi connectivity index (χ0n) is 17.3. The summed E-state index contributed by atoms with van der Waals surface area (Å²) in [7, 11) is 1.21. The summed E-state index contributed by atoms with van der Waals surface area (Å²) in [5.41, 5.74) is 0.727. The fraction of sp³-hybridized carbons (Fsp3) is 0.136. The second-order valence-electron chi connectivity index (χ2n) is 6.60. The number of hydrogen-bond donors (Lipinski definition) is 2. The van der Waals surface area contributed by atoms with Gasteiger partial charge < -0.3 is 20.1 Å². The molecule has 2 amide bonds. The van der Waals surface area contributed by atoms with Crippen molar-refractivity contribution in [3.63, 3.8) is 0 Å². The van der Waals surface area contributed by atoms with Crippen LogP contribution in [-0.2, 0) is 9.53 Å². The maximum absolute atomic E-state index is 12.9. The van der Waals surface area contributed by atoms with Crippen molar-refractivity contribution in [3.8, 4) is 5.75 Å². The van der Waals surface area contributed by atoms with Crippen molar-refractivity contribution in [3.05, 3.63) is 73.5 Å². The van der Waals surface area contributed by atoms with E-state index in [-0.39, 0.29) is 32.1 Å². The van der Waals surface area contributed by atoms with Crippen LogP contribution in [0.2, 0.25) is 15.1 Å². The summed E-state index contributed by atoms with van der Waals surface area (Å²) >= 11 is 18.9. The van der Waals surface area contributed by atoms with Gasteiger partial charge >= 0.3 is 5.97 Å². The molecule has 0 spiro atoms. The van der Waals surface area contributed by atoms with Gasteiger partial charge in [0, 0.05) is 5.02 Å². The molecule has 11 heteroatoms. The number of benzene rings is 2. The Morgan fingerprint density at radius 2 is 1.70 bits per heavy atom. The summed E-state index contributed by atoms with van der Waals surface area (Å²) in [6, 6.07) is 11.3. The van der Waals surface area contributed by atoms with Crippen molar-refractivity contribution in [2.45, 2.75) is 6.92 Å². The Labute approximate surface area is 208 Å². The van der Waals surface area contributed by atoms with Crippen molar-refractivity contribution in [2.24, 2.45) is 0 Å². The Morgan fingerprint density at radius 3 is 2.36 bits per heavy atom. The van der Waals surface area contributed by atoms with E-state index in [9.17, 15) is 14.4 Å². The molecule has 33 heavy (non-hydrogen) atoms. The standard InChI is InChI=1S/C22H17Cl3N2O5S/c1-11-17(22(30)31-2)21(27-16(28)10-32-13-8-6-12(23)7-9-13)33-19(11)20(29)26-15-5-3-4-14(24)18(15)25/h3-9H,10H2,1-2H3,(H,26,29)(H,27,28). The average Bonchev–Trinajstić information content (AvgIpc) is 3.11. The van der Waals surface area contributed by atoms with E-state index < -0.39 is 17.8 Å². The molecule has 2 aromatic carbocycles. The highest BCUT2D eigenvalue weighted by molar-refractivity contribution is 7.19. The van der Waals surface area contributed by atoms with Crippen LogP contribution in [0, 0.1) is 6.92 Å². The predicted octanol–water partition coefficient (Wildman–Crippen LogP) is 6.07. The van der Waals surface area contributed by atoms with Crippen LogP contribution in [-0.4, -0.2) is 31.5 Å². The van der Waals surface area contributed by atoms with Crippen molar-refractivity contribution in [1.82, 2.24) is 0 Å². The number of carbonyl (C=O) groups excluding carboxylic acids is 3. The van der Waals surface area contributed by atoms with Crippen LogP contribution in [0.4, 0.5) is 10.7 Å². The van der Waals surface area contributed by atoms with Crippen molar-refractivity contribution >= 4 is 74.6 Å². The van der Waals surface area contributed by atoms with Gasteiger partial charge in [-0.1, -0.05) is 40.9 Å². The highest BCUT2D eigenvalue weighted by atomic mass is 35.5. The molecule has 0 unspecified atom stereocenters. The molecule has 0 aliphatic carbocycles. The van der Waals surface area contributed by atoms with E-state index in [4.69, 9.17) is 44.3 Å². The van der Waals surface area contributed by atoms with Gasteiger partial charge in [-0.15, -0.1) is 11.3 Å². The van der Waals surface area contributed by atoms with Gasteiger partial charge in [-0.3, -0.25) is 9.59 Å². The minimum Gasteiger partial charge on any atom is -0.484 e. The van der Waals surface area contributed by atoms with Crippen LogP contribution in [0.15, 0.2) is 42.5 Å². The lowest BCUT2D eigenvalue weighted by molar-refractivity contribution is -0.118. The topological polar surface area (TPSA) is 93.7 Å². The summed E-state index contributed by atoms with van der Waals surface area (Å²) in [5.74, 6) is -1.30. The lowest BCUT2D eigenvalue weighted by Crippen LogP contribution is -2.21. The van der Waals surface area contributed by atoms with E-state index in [1.54, 1.807) is 49.4 Å². The van der Waals surface area contributed by atoms with E-state index in [1.807, 2.05) is 0 Å². The molecule has 0 saturated carbocycles. The minimum absolute atomic E-state index is 0.0738. The number of halogens is 3. The largest absolute Gasteiger partial charge is 0.484 e. The van der Waals surface area contributed by atoms with Gasteiger partial charge in [-0.05, 0) is 48.9 Å². The molecule has 172 valence electrons. The summed E-state index contributed by atoms with van der Waals surface area (Å²) in [4.78, 5) is 37.9. The number of methoxy groups -OCH3 is 1. The number of anilines is 2. The molecule has 2 N–H and O–H groups in total. The van der Waals surface area contributed by atoms with E-state index in [2.05, 4.69) is 10.6 Å². The fourth-order valence-corrected chi connectivity index (χ4v) is 4.37. The van der Waals surface area contributed by atoms with Crippen molar-refractivity contribution in [1.29, 1.82) is 0 Å². The smallest absolute Gasteiger partial charge is 0.341 e. The third-order valence-electron chi connectivity index (χ3n) is 4.38. The Balaban J connectivity index is 1.81. The number of thiophene rings is 1. The summed E-state index contributed by atoms with van der Waals surface area (Å²) < 4.78 is 10.2. The normalized spacial score (nSPS) is 10.5. The highest BCUT2D eigenvalue weighted by Crippen LogP contribution is 2.35. The molecule has 7 nitrogen and oxygen atoms in total. The first-order valence-corrected chi connectivity index (χ1v) is 11.3. The number of ether oxygens (including phenoxy) is 2. The van der Waals surface area contributed by atoms with E-state index >= 15 is 0 Å². The van der Waals surface area contributed by atoms with E-state index in [0.29, 0.717) is 22.0 Å². The molecule has 0 fully saturated rings. The first kappa shape index (κ1) is 24.9. The number of hydrogen-bond acceptors (Lipinski definition) is 6. The van der Waals surface area contributed by atoms with Gasteiger partial charge in [-0.2, -0.15) is 0 Å². The van der Waals surface area contributed by atoms with Crippen LogP contribution in [0.1, 0.15) is 25.6 Å². The number of esters is 1. The summed E-state index contributed by atoms with van der Waals surface area (Å²) in [5, 5.41) is 6.43. The second-order valence-corrected chi connectivity index (χ2v) is 8.84. The first-order valence-electron chi connectivity index (χ1n) is 9.36. The maximum atomic E-state index is 12.9. The quantitative estimate of drug-likeness (QED) is 0.364. The minimum atomic E-state index is -0.697. The van der Waals surface area contributed by atoms with Gasteiger partial charge in [0.05, 0.1) is 33.3 Å². The van der Waals surface area contributed by atoms with Crippen molar-refractivity contribution < 1.29 is 23.9 Å². The SMILES string of the molecule is COC(=O)c1c(NC(=O)COc2ccc(Cl)cc2)sc(C(=O)Nc2cccc(Cl)c2Cl)c1C. The molecule has 0 atom stereocenters. The Morgan fingerprint density at radius 1 is 1.00 bits per heavy atom. The molecule has 0 aliphatic heterocycles. The lowest BCUT2D eigenvalue weighted by Gasteiger charge is -2.08. The molecular weight excluding hydrogens is 511 g/mol. The molecule has 1 heterocycles. The summed E-state index contributed by atoms with van der Waals surface area (Å²) in [6.07, 6.45) is 0. The van der Waals surface area contributed by atoms with Crippen LogP contribution in [0.5, 0.6) is 5.75 Å². The van der Waals surface area contributed by atoms with Crippen molar-refractivity contribution in [2.75, 3.05) is 24.4 Å². The van der Waals surface area contributed by atoms with E-state index in [0.717, 1.165) is 11.3 Å². The molecule has 0 aliphatic rings.